The molecule has 1 spiro atoms. The van der Waals surface area contributed by atoms with Crippen LogP contribution in [0, 0.1) is 0 Å². The van der Waals surface area contributed by atoms with Gasteiger partial charge in [0.05, 0.1) is 5.52 Å². The Hall–Kier alpha value is -1.44. The summed E-state index contributed by atoms with van der Waals surface area (Å²) in [6.45, 7) is 3.84. The maximum Gasteiger partial charge on any atom is 0.186 e. The van der Waals surface area contributed by atoms with E-state index in [9.17, 15) is 0 Å². The summed E-state index contributed by atoms with van der Waals surface area (Å²) in [5.74, 6) is 0.150. The van der Waals surface area contributed by atoms with Crippen LogP contribution in [0.5, 0.6) is 5.75 Å². The van der Waals surface area contributed by atoms with Crippen LogP contribution < -0.4 is 4.74 Å². The van der Waals surface area contributed by atoms with E-state index in [2.05, 4.69) is 4.98 Å². The quantitative estimate of drug-likeness (QED) is 0.744. The molecule has 0 amide bonds. The van der Waals surface area contributed by atoms with E-state index in [0.29, 0.717) is 5.15 Å². The van der Waals surface area contributed by atoms with Gasteiger partial charge in [-0.15, -0.1) is 0 Å². The highest BCUT2D eigenvalue weighted by atomic mass is 35.5. The molecule has 1 aliphatic carbocycles. The number of halogens is 1. The van der Waals surface area contributed by atoms with Crippen molar-refractivity contribution >= 4 is 22.5 Å². The van der Waals surface area contributed by atoms with E-state index in [1.54, 1.807) is 13.2 Å². The Labute approximate surface area is 162 Å². The number of benzene rings is 1. The van der Waals surface area contributed by atoms with Gasteiger partial charge in [0.1, 0.15) is 34.8 Å². The summed E-state index contributed by atoms with van der Waals surface area (Å²) in [6, 6.07) is 9.59. The largest absolute Gasteiger partial charge is 0.490 e. The Morgan fingerprint density at radius 1 is 1.11 bits per heavy atom. The molecule has 144 valence electrons. The fourth-order valence-electron chi connectivity index (χ4n) is 4.40. The van der Waals surface area contributed by atoms with Crippen molar-refractivity contribution in [3.63, 3.8) is 0 Å². The second kappa shape index (κ2) is 6.03. The molecular formula is C20H22ClNO5. The Kier molecular flexibility index (Phi) is 3.94. The molecule has 2 saturated heterocycles. The first-order valence-corrected chi connectivity index (χ1v) is 9.55. The number of fused-ring (bicyclic) bond motifs is 3. The predicted octanol–water partition coefficient (Wildman–Crippen LogP) is 3.69. The molecule has 2 aromatic rings. The van der Waals surface area contributed by atoms with Crippen LogP contribution in [0.3, 0.4) is 0 Å². The van der Waals surface area contributed by atoms with Gasteiger partial charge >= 0.3 is 0 Å². The summed E-state index contributed by atoms with van der Waals surface area (Å²) in [6.07, 6.45) is 0.741. The van der Waals surface area contributed by atoms with Gasteiger partial charge in [0.25, 0.3) is 0 Å². The average Bonchev–Trinajstić information content (AvgIpc) is 3.06. The standard InChI is InChI=1S/C20H22ClNO5/c1-19(2)25-16-17(26-19)20(27-18(16)23-3)9-13(10-20)24-12-6-4-11-5-7-15(21)22-14(11)8-12/h4-8,13,16-18H,9-10H2,1-3H3/t13?,16-,17+,18-,20?/m1/s1. The highest BCUT2D eigenvalue weighted by Gasteiger charge is 2.67. The van der Waals surface area contributed by atoms with Gasteiger partial charge in [-0.25, -0.2) is 4.98 Å². The second-order valence-electron chi connectivity index (χ2n) is 7.94. The summed E-state index contributed by atoms with van der Waals surface area (Å²) >= 11 is 5.99. The van der Waals surface area contributed by atoms with Crippen molar-refractivity contribution in [3.05, 3.63) is 35.5 Å². The molecule has 5 rings (SSSR count). The number of hydrogen-bond donors (Lipinski definition) is 0. The zero-order chi connectivity index (χ0) is 18.8. The molecule has 3 heterocycles. The fourth-order valence-corrected chi connectivity index (χ4v) is 4.56. The summed E-state index contributed by atoms with van der Waals surface area (Å²) in [7, 11) is 1.63. The van der Waals surface area contributed by atoms with E-state index >= 15 is 0 Å². The molecule has 2 aliphatic heterocycles. The van der Waals surface area contributed by atoms with Gasteiger partial charge in [0.15, 0.2) is 12.1 Å². The third-order valence-electron chi connectivity index (χ3n) is 5.58. The Balaban J connectivity index is 1.30. The molecule has 27 heavy (non-hydrogen) atoms. The lowest BCUT2D eigenvalue weighted by Gasteiger charge is -2.46. The molecule has 1 aromatic carbocycles. The van der Waals surface area contributed by atoms with Gasteiger partial charge in [-0.2, -0.15) is 0 Å². The van der Waals surface area contributed by atoms with E-state index in [0.717, 1.165) is 29.5 Å². The molecule has 3 aliphatic rings. The first-order chi connectivity index (χ1) is 12.9. The zero-order valence-corrected chi connectivity index (χ0v) is 16.2. The van der Waals surface area contributed by atoms with Gasteiger partial charge < -0.3 is 23.7 Å². The third-order valence-corrected chi connectivity index (χ3v) is 5.79. The zero-order valence-electron chi connectivity index (χ0n) is 15.5. The number of rotatable bonds is 3. The van der Waals surface area contributed by atoms with Gasteiger partial charge in [-0.3, -0.25) is 0 Å². The van der Waals surface area contributed by atoms with Crippen LogP contribution in [0.15, 0.2) is 30.3 Å². The molecule has 6 nitrogen and oxygen atoms in total. The van der Waals surface area contributed by atoms with Crippen molar-refractivity contribution in [2.75, 3.05) is 7.11 Å². The van der Waals surface area contributed by atoms with E-state index in [1.165, 1.54) is 0 Å². The molecule has 0 unspecified atom stereocenters. The van der Waals surface area contributed by atoms with Crippen molar-refractivity contribution in [2.45, 2.75) is 62.7 Å². The third kappa shape index (κ3) is 2.91. The van der Waals surface area contributed by atoms with Crippen molar-refractivity contribution in [3.8, 4) is 5.75 Å². The van der Waals surface area contributed by atoms with Gasteiger partial charge in [-0.05, 0) is 38.1 Å². The summed E-state index contributed by atoms with van der Waals surface area (Å²) in [4.78, 5) is 4.35. The number of ether oxygens (including phenoxy) is 5. The highest BCUT2D eigenvalue weighted by molar-refractivity contribution is 6.29. The lowest BCUT2D eigenvalue weighted by Crippen LogP contribution is -2.57. The molecule has 1 saturated carbocycles. The van der Waals surface area contributed by atoms with Crippen molar-refractivity contribution in [1.82, 2.24) is 4.98 Å². The summed E-state index contributed by atoms with van der Waals surface area (Å²) in [5, 5.41) is 1.50. The second-order valence-corrected chi connectivity index (χ2v) is 8.33. The minimum Gasteiger partial charge on any atom is -0.490 e. The molecule has 0 N–H and O–H groups in total. The molecule has 1 aromatic heterocycles. The highest BCUT2D eigenvalue weighted by Crippen LogP contribution is 2.53. The van der Waals surface area contributed by atoms with Gasteiger partial charge in [0, 0.05) is 31.4 Å². The van der Waals surface area contributed by atoms with Crippen LogP contribution >= 0.6 is 11.6 Å². The fraction of sp³-hybridized carbons (Fsp3) is 0.550. The van der Waals surface area contributed by atoms with Gasteiger partial charge in [0.2, 0.25) is 0 Å². The summed E-state index contributed by atoms with van der Waals surface area (Å²) in [5.41, 5.74) is 0.405. The lowest BCUT2D eigenvalue weighted by atomic mass is 9.73. The molecule has 3 fully saturated rings. The van der Waals surface area contributed by atoms with E-state index in [4.69, 9.17) is 35.3 Å². The number of nitrogens with zero attached hydrogens (tertiary/aromatic N) is 1. The molecule has 0 radical (unpaired) electrons. The maximum atomic E-state index is 6.17. The number of aromatic nitrogens is 1. The number of pyridine rings is 1. The molecule has 0 bridgehead atoms. The van der Waals surface area contributed by atoms with Crippen molar-refractivity contribution in [1.29, 1.82) is 0 Å². The first-order valence-electron chi connectivity index (χ1n) is 9.17. The first kappa shape index (κ1) is 17.6. The predicted molar refractivity (Wildman–Crippen MR) is 98.8 cm³/mol. The van der Waals surface area contributed by atoms with Crippen LogP contribution in [0.1, 0.15) is 26.7 Å². The van der Waals surface area contributed by atoms with Crippen LogP contribution in [-0.2, 0) is 18.9 Å². The number of hydrogen-bond acceptors (Lipinski definition) is 6. The minimum atomic E-state index is -0.627. The van der Waals surface area contributed by atoms with E-state index in [-0.39, 0.29) is 18.3 Å². The Morgan fingerprint density at radius 3 is 2.67 bits per heavy atom. The molecule has 7 heteroatoms. The van der Waals surface area contributed by atoms with Crippen molar-refractivity contribution < 1.29 is 23.7 Å². The Bertz CT molecular complexity index is 882. The SMILES string of the molecule is CO[C@@H]1OC2(CC(Oc3ccc4ccc(Cl)nc4c3)C2)[C@H]2OC(C)(C)O[C@@H]12. The van der Waals surface area contributed by atoms with Crippen LogP contribution in [0.2, 0.25) is 5.15 Å². The topological polar surface area (TPSA) is 59.0 Å². The van der Waals surface area contributed by atoms with Crippen LogP contribution in [-0.4, -0.2) is 48.1 Å². The van der Waals surface area contributed by atoms with Gasteiger partial charge in [-0.1, -0.05) is 11.6 Å². The number of methoxy groups -OCH3 is 1. The lowest BCUT2D eigenvalue weighted by molar-refractivity contribution is -0.275. The molecular weight excluding hydrogens is 370 g/mol. The minimum absolute atomic E-state index is 0.0465. The monoisotopic (exact) mass is 391 g/mol. The molecule has 3 atom stereocenters. The average molecular weight is 392 g/mol. The van der Waals surface area contributed by atoms with Crippen LogP contribution in [0.25, 0.3) is 10.9 Å². The van der Waals surface area contributed by atoms with Crippen molar-refractivity contribution in [2.24, 2.45) is 0 Å². The van der Waals surface area contributed by atoms with E-state index in [1.807, 2.05) is 38.1 Å². The maximum absolute atomic E-state index is 6.17. The van der Waals surface area contributed by atoms with E-state index < -0.39 is 17.7 Å². The smallest absolute Gasteiger partial charge is 0.186 e. The normalized spacial score (nSPS) is 36.7. The Morgan fingerprint density at radius 2 is 1.89 bits per heavy atom. The summed E-state index contributed by atoms with van der Waals surface area (Å²) < 4.78 is 29.9. The van der Waals surface area contributed by atoms with Crippen LogP contribution in [0.4, 0.5) is 0 Å².